The zero-order chi connectivity index (χ0) is 10.4. The van der Waals surface area contributed by atoms with Gasteiger partial charge in [0.05, 0.1) is 6.33 Å². The van der Waals surface area contributed by atoms with Crippen LogP contribution in [0.15, 0.2) is 12.5 Å². The molecule has 0 saturated carbocycles. The van der Waals surface area contributed by atoms with Crippen LogP contribution >= 0.6 is 0 Å². The van der Waals surface area contributed by atoms with Crippen LogP contribution in [0.4, 0.5) is 0 Å². The van der Waals surface area contributed by atoms with E-state index in [0.717, 1.165) is 5.69 Å². The van der Waals surface area contributed by atoms with E-state index < -0.39 is 12.0 Å². The largest absolute Gasteiger partial charge is 0.463 e. The molecule has 0 bridgehead atoms. The number of H-pyrrole nitrogens is 1. The minimum atomic E-state index is -0.665. The Morgan fingerprint density at radius 1 is 1.71 bits per heavy atom. The van der Waals surface area contributed by atoms with Crippen LogP contribution in [-0.4, -0.2) is 35.1 Å². The topological polar surface area (TPSA) is 107 Å². The molecule has 0 aromatic carbocycles. The standard InChI is InChI=1S/C8H14N4O2/c9-1-2-14-8(13)7(10)3-6-4-11-5-12-6/h4-5,7H,1-3,9-10H2,(H,11,12)/t7-/m0/s1. The molecule has 0 amide bonds. The molecule has 0 fully saturated rings. The van der Waals surface area contributed by atoms with Gasteiger partial charge in [-0.2, -0.15) is 0 Å². The molecular formula is C8H14N4O2. The van der Waals surface area contributed by atoms with Crippen LogP contribution in [0.2, 0.25) is 0 Å². The fourth-order valence-corrected chi connectivity index (χ4v) is 0.983. The van der Waals surface area contributed by atoms with E-state index in [1.165, 1.54) is 6.33 Å². The van der Waals surface area contributed by atoms with Gasteiger partial charge in [0.15, 0.2) is 0 Å². The van der Waals surface area contributed by atoms with E-state index in [1.54, 1.807) is 6.20 Å². The molecule has 0 unspecified atom stereocenters. The highest BCUT2D eigenvalue weighted by Gasteiger charge is 2.15. The number of rotatable bonds is 5. The fraction of sp³-hybridized carbons (Fsp3) is 0.500. The summed E-state index contributed by atoms with van der Waals surface area (Å²) in [6.07, 6.45) is 3.55. The number of aromatic amines is 1. The zero-order valence-electron chi connectivity index (χ0n) is 7.77. The van der Waals surface area contributed by atoms with E-state index in [0.29, 0.717) is 13.0 Å². The highest BCUT2D eigenvalue weighted by Crippen LogP contribution is 1.97. The number of hydrogen-bond acceptors (Lipinski definition) is 5. The van der Waals surface area contributed by atoms with Crippen molar-refractivity contribution in [3.05, 3.63) is 18.2 Å². The van der Waals surface area contributed by atoms with Crippen molar-refractivity contribution in [3.8, 4) is 0 Å². The second kappa shape index (κ2) is 5.36. The molecular weight excluding hydrogens is 184 g/mol. The van der Waals surface area contributed by atoms with Gasteiger partial charge < -0.3 is 21.2 Å². The number of ether oxygens (including phenoxy) is 1. The molecule has 6 heteroatoms. The van der Waals surface area contributed by atoms with Gasteiger partial charge in [-0.3, -0.25) is 4.79 Å². The number of hydrogen-bond donors (Lipinski definition) is 3. The number of nitrogens with zero attached hydrogens (tertiary/aromatic N) is 1. The Hall–Kier alpha value is -1.40. The van der Waals surface area contributed by atoms with E-state index in [9.17, 15) is 4.79 Å². The van der Waals surface area contributed by atoms with E-state index in [4.69, 9.17) is 16.2 Å². The number of nitrogens with two attached hydrogens (primary N) is 2. The van der Waals surface area contributed by atoms with Gasteiger partial charge in [0.2, 0.25) is 0 Å². The molecule has 14 heavy (non-hydrogen) atoms. The van der Waals surface area contributed by atoms with Crippen LogP contribution < -0.4 is 11.5 Å². The van der Waals surface area contributed by atoms with Crippen LogP contribution in [0.5, 0.6) is 0 Å². The van der Waals surface area contributed by atoms with Gasteiger partial charge in [-0.25, -0.2) is 4.98 Å². The van der Waals surface area contributed by atoms with Crippen LogP contribution in [-0.2, 0) is 16.0 Å². The van der Waals surface area contributed by atoms with Crippen molar-refractivity contribution in [1.29, 1.82) is 0 Å². The molecule has 0 spiro atoms. The van der Waals surface area contributed by atoms with Crippen molar-refractivity contribution in [3.63, 3.8) is 0 Å². The summed E-state index contributed by atoms with van der Waals surface area (Å²) in [5, 5.41) is 0. The van der Waals surface area contributed by atoms with E-state index in [-0.39, 0.29) is 6.61 Å². The Kier molecular flexibility index (Phi) is 4.09. The maximum atomic E-state index is 11.2. The lowest BCUT2D eigenvalue weighted by atomic mass is 10.2. The molecule has 0 radical (unpaired) electrons. The summed E-state index contributed by atoms with van der Waals surface area (Å²) in [7, 11) is 0. The van der Waals surface area contributed by atoms with Crippen molar-refractivity contribution in [1.82, 2.24) is 9.97 Å². The summed E-state index contributed by atoms with van der Waals surface area (Å²) in [6, 6.07) is -0.665. The Morgan fingerprint density at radius 3 is 3.07 bits per heavy atom. The SMILES string of the molecule is NCCOC(=O)[C@@H](N)Cc1cnc[nH]1. The second-order valence-electron chi connectivity index (χ2n) is 2.84. The molecule has 78 valence electrons. The first-order valence-electron chi connectivity index (χ1n) is 4.33. The average Bonchev–Trinajstić information content (AvgIpc) is 2.66. The molecule has 0 aliphatic carbocycles. The molecule has 1 aromatic heterocycles. The summed E-state index contributed by atoms with van der Waals surface area (Å²) >= 11 is 0. The summed E-state index contributed by atoms with van der Waals surface area (Å²) < 4.78 is 4.78. The predicted molar refractivity (Wildman–Crippen MR) is 50.3 cm³/mol. The molecule has 1 heterocycles. The van der Waals surface area contributed by atoms with Gasteiger partial charge in [0, 0.05) is 24.9 Å². The van der Waals surface area contributed by atoms with Crippen molar-refractivity contribution in [2.75, 3.05) is 13.2 Å². The van der Waals surface area contributed by atoms with E-state index in [1.807, 2.05) is 0 Å². The molecule has 5 N–H and O–H groups in total. The Bertz CT molecular complexity index is 273. The smallest absolute Gasteiger partial charge is 0.323 e. The maximum absolute atomic E-state index is 11.2. The highest BCUT2D eigenvalue weighted by molar-refractivity contribution is 5.75. The van der Waals surface area contributed by atoms with Gasteiger partial charge in [-0.05, 0) is 0 Å². The average molecular weight is 198 g/mol. The monoisotopic (exact) mass is 198 g/mol. The number of imidazole rings is 1. The van der Waals surface area contributed by atoms with E-state index in [2.05, 4.69) is 9.97 Å². The van der Waals surface area contributed by atoms with Crippen molar-refractivity contribution in [2.45, 2.75) is 12.5 Å². The van der Waals surface area contributed by atoms with Gasteiger partial charge >= 0.3 is 5.97 Å². The number of carbonyl (C=O) groups excluding carboxylic acids is 1. The van der Waals surface area contributed by atoms with Crippen LogP contribution in [0, 0.1) is 0 Å². The molecule has 0 aliphatic rings. The third-order valence-corrected chi connectivity index (χ3v) is 1.66. The predicted octanol–water partition coefficient (Wildman–Crippen LogP) is -1.22. The zero-order valence-corrected chi connectivity index (χ0v) is 7.77. The minimum absolute atomic E-state index is 0.204. The van der Waals surface area contributed by atoms with Crippen LogP contribution in [0.25, 0.3) is 0 Å². The maximum Gasteiger partial charge on any atom is 0.323 e. The lowest BCUT2D eigenvalue weighted by Crippen LogP contribution is -2.35. The van der Waals surface area contributed by atoms with Gasteiger partial charge in [-0.1, -0.05) is 0 Å². The highest BCUT2D eigenvalue weighted by atomic mass is 16.5. The normalized spacial score (nSPS) is 12.4. The first-order valence-corrected chi connectivity index (χ1v) is 4.33. The summed E-state index contributed by atoms with van der Waals surface area (Å²) in [4.78, 5) is 17.9. The fourth-order valence-electron chi connectivity index (χ4n) is 0.983. The number of carbonyl (C=O) groups is 1. The molecule has 1 atom stereocenters. The Labute approximate surface area is 81.6 Å². The lowest BCUT2D eigenvalue weighted by Gasteiger charge is -2.09. The first kappa shape index (κ1) is 10.7. The van der Waals surface area contributed by atoms with E-state index >= 15 is 0 Å². The Balaban J connectivity index is 2.34. The second-order valence-corrected chi connectivity index (χ2v) is 2.84. The van der Waals surface area contributed by atoms with Crippen molar-refractivity contribution < 1.29 is 9.53 Å². The third-order valence-electron chi connectivity index (χ3n) is 1.66. The van der Waals surface area contributed by atoms with Gasteiger partial charge in [0.1, 0.15) is 12.6 Å². The quantitative estimate of drug-likeness (QED) is 0.514. The molecule has 1 aromatic rings. The Morgan fingerprint density at radius 2 is 2.50 bits per heavy atom. The minimum Gasteiger partial charge on any atom is -0.463 e. The summed E-state index contributed by atoms with van der Waals surface area (Å²) in [6.45, 7) is 0.512. The van der Waals surface area contributed by atoms with Crippen molar-refractivity contribution in [2.24, 2.45) is 11.5 Å². The summed E-state index contributed by atoms with van der Waals surface area (Å²) in [5.74, 6) is -0.440. The van der Waals surface area contributed by atoms with Crippen molar-refractivity contribution >= 4 is 5.97 Å². The first-order chi connectivity index (χ1) is 6.74. The van der Waals surface area contributed by atoms with Gasteiger partial charge in [-0.15, -0.1) is 0 Å². The number of aromatic nitrogens is 2. The number of esters is 1. The van der Waals surface area contributed by atoms with Crippen LogP contribution in [0.3, 0.4) is 0 Å². The molecule has 0 aliphatic heterocycles. The molecule has 0 saturated heterocycles. The van der Waals surface area contributed by atoms with Crippen LogP contribution in [0.1, 0.15) is 5.69 Å². The summed E-state index contributed by atoms with van der Waals surface area (Å²) in [5.41, 5.74) is 11.6. The number of nitrogens with one attached hydrogen (secondary N) is 1. The molecule has 6 nitrogen and oxygen atoms in total. The van der Waals surface area contributed by atoms with Gasteiger partial charge in [0.25, 0.3) is 0 Å². The third kappa shape index (κ3) is 3.15. The molecule has 1 rings (SSSR count). The lowest BCUT2D eigenvalue weighted by molar-refractivity contribution is -0.144.